The Bertz CT molecular complexity index is 909. The molecule has 0 bridgehead atoms. The van der Waals surface area contributed by atoms with E-state index in [1.54, 1.807) is 18.5 Å². The Kier molecular flexibility index (Phi) is 5.24. The van der Waals surface area contributed by atoms with Gasteiger partial charge in [-0.25, -0.2) is 15.0 Å². The van der Waals surface area contributed by atoms with Crippen LogP contribution in [0.25, 0.3) is 0 Å². The molecule has 8 heteroatoms. The molecule has 3 aromatic rings. The number of anilines is 2. The van der Waals surface area contributed by atoms with E-state index < -0.39 is 0 Å². The van der Waals surface area contributed by atoms with Gasteiger partial charge in [-0.05, 0) is 25.0 Å². The third-order valence-corrected chi connectivity index (χ3v) is 4.98. The van der Waals surface area contributed by atoms with Crippen LogP contribution in [0, 0.1) is 0 Å². The quantitative estimate of drug-likeness (QED) is 0.556. The van der Waals surface area contributed by atoms with Crippen LogP contribution in [0.3, 0.4) is 0 Å². The topological polar surface area (TPSA) is 91.8 Å². The Labute approximate surface area is 161 Å². The van der Waals surface area contributed by atoms with Crippen molar-refractivity contribution in [1.29, 1.82) is 0 Å². The average molecular weight is 380 g/mol. The maximum atomic E-state index is 12.1. The summed E-state index contributed by atoms with van der Waals surface area (Å²) in [5, 5.41) is 12.4. The van der Waals surface area contributed by atoms with Crippen LogP contribution in [0.15, 0.2) is 48.1 Å². The van der Waals surface area contributed by atoms with Crippen LogP contribution in [0.5, 0.6) is 0 Å². The molecule has 1 amide bonds. The van der Waals surface area contributed by atoms with Crippen molar-refractivity contribution in [3.63, 3.8) is 0 Å². The van der Waals surface area contributed by atoms with Crippen LogP contribution in [0.4, 0.5) is 11.6 Å². The van der Waals surface area contributed by atoms with Gasteiger partial charge in [0.25, 0.3) is 5.91 Å². The van der Waals surface area contributed by atoms with Crippen LogP contribution >= 0.6 is 11.3 Å². The molecular weight excluding hydrogens is 360 g/mol. The first-order chi connectivity index (χ1) is 13.3. The maximum absolute atomic E-state index is 12.1. The summed E-state index contributed by atoms with van der Waals surface area (Å²) < 4.78 is 0. The van der Waals surface area contributed by atoms with E-state index in [9.17, 15) is 4.79 Å². The molecule has 0 aliphatic heterocycles. The van der Waals surface area contributed by atoms with E-state index in [2.05, 4.69) is 30.9 Å². The van der Waals surface area contributed by atoms with Crippen molar-refractivity contribution in [3.05, 3.63) is 64.4 Å². The number of hydrogen-bond donors (Lipinski definition) is 3. The minimum Gasteiger partial charge on any atom is -0.367 e. The van der Waals surface area contributed by atoms with E-state index in [1.807, 2.05) is 29.6 Å². The van der Waals surface area contributed by atoms with Crippen molar-refractivity contribution in [1.82, 2.24) is 20.3 Å². The van der Waals surface area contributed by atoms with Crippen LogP contribution in [0.2, 0.25) is 0 Å². The van der Waals surface area contributed by atoms with Crippen molar-refractivity contribution in [2.24, 2.45) is 0 Å². The van der Waals surface area contributed by atoms with Crippen molar-refractivity contribution in [2.75, 3.05) is 10.6 Å². The third kappa shape index (κ3) is 5.01. The Morgan fingerprint density at radius 1 is 1.11 bits per heavy atom. The second-order valence-corrected chi connectivity index (χ2v) is 7.28. The zero-order chi connectivity index (χ0) is 18.5. The molecule has 1 fully saturated rings. The number of thiazole rings is 1. The molecule has 27 heavy (non-hydrogen) atoms. The first-order valence-electron chi connectivity index (χ1n) is 8.85. The van der Waals surface area contributed by atoms with Gasteiger partial charge in [-0.15, -0.1) is 11.3 Å². The molecule has 0 atom stereocenters. The third-order valence-electron chi connectivity index (χ3n) is 4.08. The Morgan fingerprint density at radius 3 is 2.74 bits per heavy atom. The SMILES string of the molecule is O=C(NCc1nc(CNc2cc(NC3CC3)ncn2)cs1)c1ccccc1. The molecule has 2 heterocycles. The van der Waals surface area contributed by atoms with Crippen molar-refractivity contribution in [2.45, 2.75) is 32.0 Å². The molecule has 2 aromatic heterocycles. The highest BCUT2D eigenvalue weighted by Crippen LogP contribution is 2.24. The zero-order valence-corrected chi connectivity index (χ0v) is 15.5. The number of carbonyl (C=O) groups is 1. The normalized spacial score (nSPS) is 13.2. The van der Waals surface area contributed by atoms with Gasteiger partial charge < -0.3 is 16.0 Å². The van der Waals surface area contributed by atoms with Gasteiger partial charge in [0.05, 0.1) is 18.8 Å². The lowest BCUT2D eigenvalue weighted by Crippen LogP contribution is -2.22. The van der Waals surface area contributed by atoms with Crippen LogP contribution in [-0.2, 0) is 13.1 Å². The maximum Gasteiger partial charge on any atom is 0.251 e. The Hall–Kier alpha value is -3.00. The average Bonchev–Trinajstić information content (AvgIpc) is 3.40. The summed E-state index contributed by atoms with van der Waals surface area (Å²) in [6.45, 7) is 0.990. The van der Waals surface area contributed by atoms with Gasteiger partial charge in [-0.3, -0.25) is 4.79 Å². The van der Waals surface area contributed by atoms with Crippen LogP contribution < -0.4 is 16.0 Å². The van der Waals surface area contributed by atoms with E-state index in [-0.39, 0.29) is 5.91 Å². The fourth-order valence-electron chi connectivity index (χ4n) is 2.51. The second-order valence-electron chi connectivity index (χ2n) is 6.34. The summed E-state index contributed by atoms with van der Waals surface area (Å²) in [7, 11) is 0. The molecule has 1 saturated carbocycles. The monoisotopic (exact) mass is 380 g/mol. The summed E-state index contributed by atoms with van der Waals surface area (Å²) in [5.74, 6) is 1.51. The number of nitrogens with one attached hydrogen (secondary N) is 3. The standard InChI is InChI=1S/C19H20N6OS/c26-19(13-4-2-1-3-5-13)21-10-18-25-15(11-27-18)9-20-16-8-17(23-12-22-16)24-14-6-7-14/h1-5,8,11-12,14H,6-7,9-10H2,(H,21,26)(H2,20,22,23,24). The van der Waals surface area contributed by atoms with Gasteiger partial charge in [0, 0.05) is 23.1 Å². The molecule has 0 spiro atoms. The van der Waals surface area contributed by atoms with Gasteiger partial charge in [0.2, 0.25) is 0 Å². The van der Waals surface area contributed by atoms with E-state index in [0.29, 0.717) is 24.7 Å². The highest BCUT2D eigenvalue weighted by atomic mass is 32.1. The summed E-state index contributed by atoms with van der Waals surface area (Å²) >= 11 is 1.53. The smallest absolute Gasteiger partial charge is 0.251 e. The molecule has 0 saturated heterocycles. The molecule has 0 unspecified atom stereocenters. The number of carbonyl (C=O) groups excluding carboxylic acids is 1. The summed E-state index contributed by atoms with van der Waals surface area (Å²) in [6.07, 6.45) is 3.96. The highest BCUT2D eigenvalue weighted by molar-refractivity contribution is 7.09. The Balaban J connectivity index is 1.27. The first kappa shape index (κ1) is 17.4. The van der Waals surface area contributed by atoms with Crippen LogP contribution in [-0.4, -0.2) is 26.9 Å². The lowest BCUT2D eigenvalue weighted by atomic mass is 10.2. The van der Waals surface area contributed by atoms with Crippen LogP contribution in [0.1, 0.15) is 33.9 Å². The first-order valence-corrected chi connectivity index (χ1v) is 9.73. The lowest BCUT2D eigenvalue weighted by Gasteiger charge is -2.06. The van der Waals surface area contributed by atoms with E-state index in [0.717, 1.165) is 22.3 Å². The molecule has 1 aliphatic carbocycles. The summed E-state index contributed by atoms with van der Waals surface area (Å²) in [4.78, 5) is 25.1. The second kappa shape index (κ2) is 8.13. The van der Waals surface area contributed by atoms with Gasteiger partial charge in [0.1, 0.15) is 23.0 Å². The fourth-order valence-corrected chi connectivity index (χ4v) is 3.24. The van der Waals surface area contributed by atoms with Crippen molar-refractivity contribution < 1.29 is 4.79 Å². The van der Waals surface area contributed by atoms with Crippen molar-refractivity contribution in [3.8, 4) is 0 Å². The van der Waals surface area contributed by atoms with E-state index in [1.165, 1.54) is 24.2 Å². The molecule has 138 valence electrons. The van der Waals surface area contributed by atoms with Gasteiger partial charge in [-0.1, -0.05) is 18.2 Å². The number of benzene rings is 1. The molecule has 1 aromatic carbocycles. The molecule has 7 nitrogen and oxygen atoms in total. The number of aromatic nitrogens is 3. The summed E-state index contributed by atoms with van der Waals surface area (Å²) in [6, 6.07) is 11.6. The molecule has 4 rings (SSSR count). The molecular formula is C19H20N6OS. The van der Waals surface area contributed by atoms with E-state index >= 15 is 0 Å². The fraction of sp³-hybridized carbons (Fsp3) is 0.263. The minimum atomic E-state index is -0.0952. The van der Waals surface area contributed by atoms with Gasteiger partial charge in [0.15, 0.2) is 0 Å². The molecule has 1 aliphatic rings. The molecule has 0 radical (unpaired) electrons. The number of rotatable bonds is 8. The highest BCUT2D eigenvalue weighted by Gasteiger charge is 2.21. The largest absolute Gasteiger partial charge is 0.367 e. The Morgan fingerprint density at radius 2 is 1.93 bits per heavy atom. The number of amides is 1. The van der Waals surface area contributed by atoms with Gasteiger partial charge in [-0.2, -0.15) is 0 Å². The molecule has 3 N–H and O–H groups in total. The van der Waals surface area contributed by atoms with E-state index in [4.69, 9.17) is 0 Å². The lowest BCUT2D eigenvalue weighted by molar-refractivity contribution is 0.0951. The summed E-state index contributed by atoms with van der Waals surface area (Å²) in [5.41, 5.74) is 1.56. The zero-order valence-electron chi connectivity index (χ0n) is 14.7. The van der Waals surface area contributed by atoms with Crippen molar-refractivity contribution >= 4 is 28.9 Å². The van der Waals surface area contributed by atoms with Gasteiger partial charge >= 0.3 is 0 Å². The number of hydrogen-bond acceptors (Lipinski definition) is 7. The minimum absolute atomic E-state index is 0.0952. The predicted octanol–water partition coefficient (Wildman–Crippen LogP) is 3.05. The predicted molar refractivity (Wildman–Crippen MR) is 106 cm³/mol. The number of nitrogens with zero attached hydrogens (tertiary/aromatic N) is 3.